The molecule has 0 radical (unpaired) electrons. The molecule has 0 aliphatic heterocycles. The number of ether oxygens (including phenoxy) is 1. The van der Waals surface area contributed by atoms with Crippen molar-refractivity contribution < 1.29 is 75.4 Å². The fraction of sp³-hybridized carbons (Fsp3) is 0.300. The van der Waals surface area contributed by atoms with Crippen molar-refractivity contribution in [3.8, 4) is 17.6 Å². The summed E-state index contributed by atoms with van der Waals surface area (Å²) >= 11 is 0. The van der Waals surface area contributed by atoms with E-state index >= 15 is 8.78 Å². The summed E-state index contributed by atoms with van der Waals surface area (Å²) in [4.78, 5) is 12.7. The molecule has 0 unspecified atom stereocenters. The fourth-order valence-corrected chi connectivity index (χ4v) is 3.93. The van der Waals surface area contributed by atoms with Crippen LogP contribution in [0.2, 0.25) is 0 Å². The number of halogens is 15. The summed E-state index contributed by atoms with van der Waals surface area (Å²) in [5.41, 5.74) is -1.24. The number of amides is 1. The number of anilines is 1. The highest BCUT2D eigenvalue weighted by Crippen LogP contribution is 2.62. The summed E-state index contributed by atoms with van der Waals surface area (Å²) in [5.74, 6) is -46.9. The summed E-state index contributed by atoms with van der Waals surface area (Å²) in [6.45, 7) is -1.21. The maximum atomic E-state index is 15.2. The molecule has 260 valence electrons. The van der Waals surface area contributed by atoms with Crippen molar-refractivity contribution in [3.05, 3.63) is 95.6 Å². The molecule has 1 amide bonds. The second kappa shape index (κ2) is 12.8. The number of carbonyl (C=O) groups is 1. The van der Waals surface area contributed by atoms with Crippen LogP contribution in [0.4, 0.5) is 71.5 Å². The van der Waals surface area contributed by atoms with Crippen molar-refractivity contribution in [1.82, 2.24) is 0 Å². The van der Waals surface area contributed by atoms with Crippen LogP contribution in [0, 0.1) is 11.8 Å². The average molecular weight is 709 g/mol. The third-order valence-corrected chi connectivity index (χ3v) is 6.65. The van der Waals surface area contributed by atoms with E-state index in [1.54, 1.807) is 0 Å². The zero-order chi connectivity index (χ0) is 36.6. The van der Waals surface area contributed by atoms with Crippen LogP contribution in [-0.2, 0) is 11.3 Å². The number of hydrogen-bond acceptors (Lipinski definition) is 2. The molecule has 0 aliphatic rings. The number of benzene rings is 3. The van der Waals surface area contributed by atoms with Gasteiger partial charge in [0.2, 0.25) is 0 Å². The Hall–Kier alpha value is -4.56. The first-order valence-corrected chi connectivity index (χ1v) is 12.8. The van der Waals surface area contributed by atoms with Gasteiger partial charge in [0.1, 0.15) is 5.75 Å². The highest BCUT2D eigenvalue weighted by Gasteiger charge is 2.94. The fourth-order valence-electron chi connectivity index (χ4n) is 3.93. The lowest BCUT2D eigenvalue weighted by Gasteiger charge is -2.41. The molecule has 3 aromatic rings. The zero-order valence-electron chi connectivity index (χ0n) is 23.6. The molecule has 18 heteroatoms. The Labute approximate surface area is 260 Å². The Balaban J connectivity index is 2.18. The first kappa shape index (κ1) is 37.9. The van der Waals surface area contributed by atoms with Crippen LogP contribution >= 0.6 is 0 Å². The number of alkyl halides is 15. The minimum atomic E-state index is -8.53. The number of nitrogens with zero attached hydrogens (tertiary/aromatic N) is 1. The summed E-state index contributed by atoms with van der Waals surface area (Å²) < 4.78 is 213. The summed E-state index contributed by atoms with van der Waals surface area (Å²) in [7, 11) is 1.34. The highest BCUT2D eigenvalue weighted by molar-refractivity contribution is 6.00. The van der Waals surface area contributed by atoms with Gasteiger partial charge < -0.3 is 9.64 Å². The normalized spacial score (nSPS) is 13.4. The molecule has 0 heterocycles. The molecule has 0 bridgehead atoms. The topological polar surface area (TPSA) is 29.5 Å². The van der Waals surface area contributed by atoms with E-state index < -0.39 is 65.4 Å². The molecule has 0 aromatic heterocycles. The molecule has 0 N–H and O–H groups in total. The van der Waals surface area contributed by atoms with E-state index in [0.717, 1.165) is 30.3 Å². The smallest absolute Gasteiger partial charge is 0.460 e. The lowest BCUT2D eigenvalue weighted by Crippen LogP contribution is -2.74. The first-order valence-electron chi connectivity index (χ1n) is 12.8. The highest BCUT2D eigenvalue weighted by atomic mass is 19.4. The van der Waals surface area contributed by atoms with E-state index in [2.05, 4.69) is 11.8 Å². The third kappa shape index (κ3) is 6.33. The summed E-state index contributed by atoms with van der Waals surface area (Å²) in [5, 5.41) is 0. The van der Waals surface area contributed by atoms with Crippen molar-refractivity contribution >= 4 is 11.6 Å². The average Bonchev–Trinajstić information content (AvgIpc) is 3.02. The second-order valence-corrected chi connectivity index (χ2v) is 9.82. The number of para-hydroxylation sites is 1. The molecule has 0 saturated carbocycles. The third-order valence-electron chi connectivity index (χ3n) is 6.65. The van der Waals surface area contributed by atoms with Gasteiger partial charge in [0.25, 0.3) is 0 Å². The van der Waals surface area contributed by atoms with Crippen LogP contribution in [0.1, 0.15) is 16.7 Å². The number of hydrogen-bond donors (Lipinski definition) is 0. The molecule has 3 aromatic carbocycles. The van der Waals surface area contributed by atoms with Crippen molar-refractivity contribution in [2.75, 3.05) is 12.0 Å². The largest absolute Gasteiger partial charge is 0.497 e. The number of rotatable bonds is 10. The van der Waals surface area contributed by atoms with E-state index in [-0.39, 0.29) is 16.0 Å². The van der Waals surface area contributed by atoms with Crippen LogP contribution in [0.25, 0.3) is 0 Å². The maximum Gasteiger partial charge on any atom is 0.460 e. The Morgan fingerprint density at radius 1 is 0.604 bits per heavy atom. The maximum absolute atomic E-state index is 15.2. The molecule has 3 rings (SSSR count). The van der Waals surface area contributed by atoms with Gasteiger partial charge in [0.15, 0.2) is 0 Å². The van der Waals surface area contributed by atoms with Crippen LogP contribution in [0.5, 0.6) is 5.75 Å². The lowest BCUT2D eigenvalue weighted by atomic mass is 9.90. The predicted octanol–water partition coefficient (Wildman–Crippen LogP) is 9.00. The Kier molecular flexibility index (Phi) is 10.1. The van der Waals surface area contributed by atoms with Gasteiger partial charge in [-0.3, -0.25) is 4.79 Å². The second-order valence-electron chi connectivity index (χ2n) is 9.82. The first-order chi connectivity index (χ1) is 21.9. The van der Waals surface area contributed by atoms with Crippen molar-refractivity contribution in [2.45, 2.75) is 48.3 Å². The van der Waals surface area contributed by atoms with Gasteiger partial charge in [-0.1, -0.05) is 54.3 Å². The molecular weight excluding hydrogens is 691 g/mol. The van der Waals surface area contributed by atoms with E-state index in [1.165, 1.54) is 55.6 Å². The van der Waals surface area contributed by atoms with Gasteiger partial charge in [-0.05, 0) is 42.0 Å². The van der Waals surface area contributed by atoms with Crippen LogP contribution in [0.15, 0.2) is 78.9 Å². The van der Waals surface area contributed by atoms with Gasteiger partial charge >= 0.3 is 47.6 Å². The van der Waals surface area contributed by atoms with Crippen LogP contribution < -0.4 is 9.64 Å². The molecule has 48 heavy (non-hydrogen) atoms. The Morgan fingerprint density at radius 2 is 1.08 bits per heavy atom. The minimum Gasteiger partial charge on any atom is -0.497 e. The van der Waals surface area contributed by atoms with Gasteiger partial charge in [0, 0.05) is 11.1 Å². The van der Waals surface area contributed by atoms with Gasteiger partial charge in [-0.15, -0.1) is 0 Å². The van der Waals surface area contributed by atoms with Crippen molar-refractivity contribution in [2.24, 2.45) is 0 Å². The van der Waals surface area contributed by atoms with Crippen LogP contribution in [-0.4, -0.2) is 54.7 Å². The van der Waals surface area contributed by atoms with Gasteiger partial charge in [-0.25, -0.2) is 0 Å². The Bertz CT molecular complexity index is 1660. The molecular formula is C30H18F15NO2. The molecule has 0 fully saturated rings. The van der Waals surface area contributed by atoms with Crippen LogP contribution in [0.3, 0.4) is 0 Å². The van der Waals surface area contributed by atoms with Crippen molar-refractivity contribution in [1.29, 1.82) is 0 Å². The van der Waals surface area contributed by atoms with Gasteiger partial charge in [-0.2, -0.15) is 65.9 Å². The van der Waals surface area contributed by atoms with E-state index in [0.29, 0.717) is 5.75 Å². The van der Waals surface area contributed by atoms with Crippen molar-refractivity contribution in [3.63, 3.8) is 0 Å². The van der Waals surface area contributed by atoms with E-state index in [1.807, 2.05) is 0 Å². The molecule has 0 aliphatic carbocycles. The van der Waals surface area contributed by atoms with Gasteiger partial charge in [0.05, 0.1) is 19.3 Å². The standard InChI is InChI=1S/C30H18F15NO2/c1-48-21-15-12-18(13-16-21)11-14-20-9-5-6-10-22(20)46(17-19-7-3-2-4-8-19)23(47)24(31,32)25(33,34)26(35,36)27(37,38)28(39,40)29(41,42)30(43,44)45/h2-10,12-13,15-16H,17H2,1H3. The summed E-state index contributed by atoms with van der Waals surface area (Å²) in [6, 6.07) is 15.7. The SMILES string of the molecule is COc1ccc(C#Cc2ccccc2N(Cc2ccccc2)C(=O)C(F)(F)C(F)(F)C(F)(F)C(F)(F)C(F)(F)C(F)(F)C(F)(F)F)cc1. The summed E-state index contributed by atoms with van der Waals surface area (Å²) in [6.07, 6.45) is -7.74. The van der Waals surface area contributed by atoms with E-state index in [9.17, 15) is 61.9 Å². The number of carbonyl (C=O) groups excluding carboxylic acids is 1. The predicted molar refractivity (Wildman–Crippen MR) is 139 cm³/mol. The molecule has 0 spiro atoms. The molecule has 0 saturated heterocycles. The molecule has 3 nitrogen and oxygen atoms in total. The number of methoxy groups -OCH3 is 1. The zero-order valence-corrected chi connectivity index (χ0v) is 23.6. The molecule has 0 atom stereocenters. The monoisotopic (exact) mass is 709 g/mol. The minimum absolute atomic E-state index is 0.184. The van der Waals surface area contributed by atoms with E-state index in [4.69, 9.17) is 4.74 Å². The quantitative estimate of drug-likeness (QED) is 0.156. The lowest BCUT2D eigenvalue weighted by molar-refractivity contribution is -0.449. The Morgan fingerprint density at radius 3 is 1.60 bits per heavy atom.